The molecule has 0 saturated heterocycles. The summed E-state index contributed by atoms with van der Waals surface area (Å²) in [5.41, 5.74) is 4.50. The molecule has 0 bridgehead atoms. The first-order valence-electron chi connectivity index (χ1n) is 0.955. The van der Waals surface area contributed by atoms with Crippen molar-refractivity contribution >= 4 is 51.2 Å². The molecule has 0 aromatic carbocycles. The first-order chi connectivity index (χ1) is 2.41. The number of hydrogen-bond donors (Lipinski definition) is 1. The minimum absolute atomic E-state index is 0.0233. The van der Waals surface area contributed by atoms with E-state index in [9.17, 15) is 0 Å². The molecule has 0 unspecified atom stereocenters. The second kappa shape index (κ2) is 16.2. The van der Waals surface area contributed by atoms with Crippen LogP contribution >= 0.6 is 35.5 Å². The van der Waals surface area contributed by atoms with E-state index in [2.05, 4.69) is 41.3 Å². The Morgan fingerprint density at radius 3 is 1.40 bits per heavy atom. The summed E-state index contributed by atoms with van der Waals surface area (Å²) < 4.78 is 0. The molecule has 0 saturated carbocycles. The molecule has 0 spiro atoms. The van der Waals surface area contributed by atoms with E-state index in [1.54, 1.807) is 0 Å². The fraction of sp³-hybridized carbons (Fsp3) is 1.00. The van der Waals surface area contributed by atoms with Crippen LogP contribution in [0, 0.1) is 0 Å². The van der Waals surface area contributed by atoms with Gasteiger partial charge in [-0.15, -0.1) is 0 Å². The zero-order chi connectivity index (χ0) is 4.71. The third-order valence-electron chi connectivity index (χ3n) is 0. The van der Waals surface area contributed by atoms with E-state index in [0.29, 0.717) is 0 Å². The molecule has 5 heavy (non-hydrogen) atoms. The van der Waals surface area contributed by atoms with Crippen molar-refractivity contribution in [3.63, 3.8) is 0 Å². The minimum atomic E-state index is 0.0233. The Hall–Kier alpha value is 2.34. The van der Waals surface area contributed by atoms with Gasteiger partial charge in [-0.1, -0.05) is 0 Å². The van der Waals surface area contributed by atoms with Crippen molar-refractivity contribution < 1.29 is 0 Å². The van der Waals surface area contributed by atoms with E-state index in [-0.39, 0.29) is 15.6 Å². The van der Waals surface area contributed by atoms with Gasteiger partial charge in [0.05, 0.1) is 0 Å². The molecule has 0 amide bonds. The first kappa shape index (κ1) is 10.3. The molecule has 0 rings (SSSR count). The molecule has 0 atom stereocenters. The number of nitrogens with two attached hydrogens (primary N) is 1. The average Bonchev–Trinajstić information content (AvgIpc) is 1.46. The zero-order valence-electron chi connectivity index (χ0n) is 2.83. The molecule has 0 heterocycles. The van der Waals surface area contributed by atoms with E-state index >= 15 is 0 Å². The molecule has 0 aliphatic carbocycles. The van der Waals surface area contributed by atoms with Gasteiger partial charge in [-0.2, -0.15) is 0 Å². The Kier molecular flexibility index (Phi) is 33.5. The standard InChI is InChI=1S/CH5N.2HI.Pb/c1-2;;;/h2H2,1H3;2*1H;/q;;;+2/p-2. The van der Waals surface area contributed by atoms with Crippen LogP contribution in [0.25, 0.3) is 0 Å². The van der Waals surface area contributed by atoms with Gasteiger partial charge in [0.2, 0.25) is 0 Å². The van der Waals surface area contributed by atoms with Gasteiger partial charge in [0.25, 0.3) is 0 Å². The number of rotatable bonds is 0. The van der Waals surface area contributed by atoms with Crippen molar-refractivity contribution in [1.29, 1.82) is 0 Å². The Labute approximate surface area is 62.6 Å². The fourth-order valence-corrected chi connectivity index (χ4v) is 0. The normalized spacial score (nSPS) is 4.80. The molecule has 0 aliphatic heterocycles. The monoisotopic (exact) mass is 493 g/mol. The van der Waals surface area contributed by atoms with Crippen LogP contribution in [-0.4, -0.2) is 22.7 Å². The summed E-state index contributed by atoms with van der Waals surface area (Å²) in [6.45, 7) is 0. The van der Waals surface area contributed by atoms with Gasteiger partial charge in [0.15, 0.2) is 0 Å². The molecular weight excluding hydrogens is 487 g/mol. The zero-order valence-corrected chi connectivity index (χ0v) is 11.0. The van der Waals surface area contributed by atoms with E-state index in [0.717, 1.165) is 0 Å². The summed E-state index contributed by atoms with van der Waals surface area (Å²) in [6, 6.07) is 0. The van der Waals surface area contributed by atoms with Crippen LogP contribution in [-0.2, 0) is 0 Å². The number of hydrogen-bond acceptors (Lipinski definition) is 1. The summed E-state index contributed by atoms with van der Waals surface area (Å²) in [4.78, 5) is 0. The fourth-order valence-electron chi connectivity index (χ4n) is 0. The third-order valence-corrected chi connectivity index (χ3v) is 0. The number of halogens is 2. The molecule has 2 radical (unpaired) electrons. The van der Waals surface area contributed by atoms with E-state index < -0.39 is 0 Å². The van der Waals surface area contributed by atoms with Gasteiger partial charge in [-0.3, -0.25) is 0 Å². The van der Waals surface area contributed by atoms with Gasteiger partial charge in [-0.05, 0) is 7.05 Å². The van der Waals surface area contributed by atoms with Crippen LogP contribution in [0.5, 0.6) is 0 Å². The molecule has 0 fully saturated rings. The SMILES string of the molecule is CN.[I][Pb][I]. The summed E-state index contributed by atoms with van der Waals surface area (Å²) in [5, 5.41) is 0. The Balaban J connectivity index is 0. The Bertz CT molecular complexity index is 9.61. The molecule has 0 aromatic heterocycles. The maximum absolute atomic E-state index is 4.50. The van der Waals surface area contributed by atoms with Gasteiger partial charge < -0.3 is 5.73 Å². The molecule has 0 aromatic rings. The van der Waals surface area contributed by atoms with Crippen LogP contribution in [0.3, 0.4) is 0 Å². The Morgan fingerprint density at radius 2 is 1.40 bits per heavy atom. The predicted octanol–water partition coefficient (Wildman–Crippen LogP) is 0.966. The van der Waals surface area contributed by atoms with E-state index in [1.165, 1.54) is 7.05 Å². The molecule has 32 valence electrons. The van der Waals surface area contributed by atoms with Crippen LogP contribution in [0.1, 0.15) is 0 Å². The van der Waals surface area contributed by atoms with E-state index in [1.807, 2.05) is 0 Å². The second-order valence-electron chi connectivity index (χ2n) is 0.0714. The molecule has 2 N–H and O–H groups in total. The molecule has 4 heteroatoms. The molecular formula is CH5I2NPb. The average molecular weight is 492 g/mol. The topological polar surface area (TPSA) is 26.0 Å². The third kappa shape index (κ3) is 21.8. The van der Waals surface area contributed by atoms with Crippen LogP contribution < -0.4 is 5.73 Å². The predicted molar refractivity (Wildman–Crippen MR) is 43.9 cm³/mol. The van der Waals surface area contributed by atoms with Crippen LogP contribution in [0.2, 0.25) is 0 Å². The Morgan fingerprint density at radius 1 is 1.40 bits per heavy atom. The van der Waals surface area contributed by atoms with Gasteiger partial charge >= 0.3 is 51.2 Å². The molecule has 0 aliphatic rings. The van der Waals surface area contributed by atoms with Crippen molar-refractivity contribution in [3.05, 3.63) is 0 Å². The van der Waals surface area contributed by atoms with Gasteiger partial charge in [0.1, 0.15) is 0 Å². The summed E-state index contributed by atoms with van der Waals surface area (Å²) in [5.74, 6) is 0. The van der Waals surface area contributed by atoms with Crippen molar-refractivity contribution in [3.8, 4) is 0 Å². The van der Waals surface area contributed by atoms with Gasteiger partial charge in [-0.25, -0.2) is 0 Å². The summed E-state index contributed by atoms with van der Waals surface area (Å²) >= 11 is 4.96. The maximum atomic E-state index is 4.50. The van der Waals surface area contributed by atoms with E-state index in [4.69, 9.17) is 0 Å². The van der Waals surface area contributed by atoms with Crippen molar-refractivity contribution in [2.45, 2.75) is 0 Å². The van der Waals surface area contributed by atoms with Crippen molar-refractivity contribution in [1.82, 2.24) is 0 Å². The second-order valence-corrected chi connectivity index (χ2v) is 28.2. The summed E-state index contributed by atoms with van der Waals surface area (Å²) in [6.07, 6.45) is 0. The van der Waals surface area contributed by atoms with Crippen LogP contribution in [0.4, 0.5) is 0 Å². The van der Waals surface area contributed by atoms with Crippen molar-refractivity contribution in [2.24, 2.45) is 5.73 Å². The van der Waals surface area contributed by atoms with Gasteiger partial charge in [0, 0.05) is 0 Å². The molecule has 1 nitrogen and oxygen atoms in total. The quantitative estimate of drug-likeness (QED) is 0.396. The summed E-state index contributed by atoms with van der Waals surface area (Å²) in [7, 11) is 1.50. The van der Waals surface area contributed by atoms with Crippen LogP contribution in [0.15, 0.2) is 0 Å². The first-order valence-corrected chi connectivity index (χ1v) is 22.8. The van der Waals surface area contributed by atoms with Crippen molar-refractivity contribution in [2.75, 3.05) is 7.05 Å².